The number of nitrogens with zero attached hydrogens (tertiary/aromatic N) is 3. The lowest BCUT2D eigenvalue weighted by Crippen LogP contribution is -2.66. The number of benzene rings is 1. The van der Waals surface area contributed by atoms with E-state index in [4.69, 9.17) is 16.3 Å². The van der Waals surface area contributed by atoms with E-state index in [1.165, 1.54) is 5.57 Å². The van der Waals surface area contributed by atoms with Crippen LogP contribution < -0.4 is 0 Å². The molecule has 262 valence electrons. The zero-order chi connectivity index (χ0) is 34.3. The van der Waals surface area contributed by atoms with Gasteiger partial charge in [-0.15, -0.1) is 5.10 Å². The molecule has 0 aliphatic heterocycles. The molecule has 5 aliphatic rings. The van der Waals surface area contributed by atoms with E-state index in [1.807, 2.05) is 30.5 Å². The van der Waals surface area contributed by atoms with Crippen molar-refractivity contribution in [3.8, 4) is 0 Å². The molecule has 5 aliphatic carbocycles. The summed E-state index contributed by atoms with van der Waals surface area (Å²) in [4.78, 5) is 14.4. The van der Waals surface area contributed by atoms with Gasteiger partial charge in [-0.05, 0) is 121 Å². The van der Waals surface area contributed by atoms with Crippen molar-refractivity contribution in [1.82, 2.24) is 15.0 Å². The molecule has 0 spiro atoms. The summed E-state index contributed by atoms with van der Waals surface area (Å²) in [6, 6.07) is 7.69. The summed E-state index contributed by atoms with van der Waals surface area (Å²) < 4.78 is 7.98. The number of hydrogen-bond donors (Lipinski definition) is 2. The number of rotatable bonds is 6. The van der Waals surface area contributed by atoms with Gasteiger partial charge in [0, 0.05) is 10.4 Å². The number of aliphatic hydroxyl groups is 2. The van der Waals surface area contributed by atoms with Gasteiger partial charge in [0.1, 0.15) is 12.3 Å². The van der Waals surface area contributed by atoms with Crippen molar-refractivity contribution < 1.29 is 19.7 Å². The van der Waals surface area contributed by atoms with Gasteiger partial charge in [-0.3, -0.25) is 4.79 Å². The van der Waals surface area contributed by atoms with Crippen LogP contribution in [0.15, 0.2) is 42.1 Å². The monoisotopic (exact) mass is 677 g/mol. The first-order valence-corrected chi connectivity index (χ1v) is 18.8. The third-order valence-electron chi connectivity index (χ3n) is 15.4. The predicted octanol–water partition coefficient (Wildman–Crippen LogP) is 8.16. The Kier molecular flexibility index (Phi) is 8.32. The standard InChI is InChI=1S/C40H56ClN3O4/c1-35(2)17-19-40(34(47)48-24-28-23-44(43-42-28)22-26-7-9-27(41)10-8-26)20-18-38(5)29(30(40)21-35)11-12-32-36(3)15-14-33(46)37(4,25-45)31(36)13-16-39(32,38)6/h7-11,23,30-33,45-46H,12-22,24-25H2,1-6H3/t30-,31+,32+,33-,36-,37-,38+,39+,40-/m0/s1. The number of ether oxygens (including phenoxy) is 1. The molecule has 0 saturated heterocycles. The SMILES string of the molecule is CC1(C)CC[C@]2(C(=O)OCc3cn(Cc4ccc(Cl)cc4)nn3)CC[C@]3(C)C(=CC[C@@H]4[C@@]5(C)CC[C@H](O)[C@@](C)(CO)[C@@H]5CC[C@]43C)[C@@H]2C1. The van der Waals surface area contributed by atoms with E-state index in [0.717, 1.165) is 69.8 Å². The molecule has 0 unspecified atom stereocenters. The highest BCUT2D eigenvalue weighted by Gasteiger charge is 2.69. The van der Waals surface area contributed by atoms with Crippen molar-refractivity contribution in [3.05, 3.63) is 58.4 Å². The molecular formula is C40H56ClN3O4. The number of aromatic nitrogens is 3. The second-order valence-corrected chi connectivity index (χ2v) is 18.6. The summed E-state index contributed by atoms with van der Waals surface area (Å²) in [5.74, 6) is 0.863. The third kappa shape index (κ3) is 5.06. The predicted molar refractivity (Wildman–Crippen MR) is 187 cm³/mol. The van der Waals surface area contributed by atoms with Crippen molar-refractivity contribution in [2.24, 2.45) is 50.2 Å². The number of hydrogen-bond acceptors (Lipinski definition) is 6. The highest BCUT2D eigenvalue weighted by molar-refractivity contribution is 6.30. The summed E-state index contributed by atoms with van der Waals surface area (Å²) in [5, 5.41) is 31.0. The molecule has 48 heavy (non-hydrogen) atoms. The average molecular weight is 678 g/mol. The van der Waals surface area contributed by atoms with Gasteiger partial charge in [0.05, 0.1) is 30.9 Å². The molecule has 4 saturated carbocycles. The smallest absolute Gasteiger partial charge is 0.313 e. The molecule has 8 heteroatoms. The second kappa shape index (κ2) is 11.7. The summed E-state index contributed by atoms with van der Waals surface area (Å²) in [7, 11) is 0. The summed E-state index contributed by atoms with van der Waals surface area (Å²) in [6.45, 7) is 15.2. The number of fused-ring (bicyclic) bond motifs is 7. The van der Waals surface area contributed by atoms with Crippen LogP contribution in [0, 0.1) is 50.2 Å². The van der Waals surface area contributed by atoms with E-state index in [9.17, 15) is 15.0 Å². The van der Waals surface area contributed by atoms with E-state index in [2.05, 4.69) is 57.9 Å². The molecule has 9 atom stereocenters. The molecule has 0 radical (unpaired) electrons. The topological polar surface area (TPSA) is 97.5 Å². The quantitative estimate of drug-likeness (QED) is 0.237. The van der Waals surface area contributed by atoms with Gasteiger partial charge in [-0.1, -0.05) is 82.1 Å². The molecule has 7 nitrogen and oxygen atoms in total. The van der Waals surface area contributed by atoms with Crippen LogP contribution in [-0.4, -0.2) is 43.9 Å². The number of aliphatic hydroxyl groups excluding tert-OH is 2. The van der Waals surface area contributed by atoms with E-state index < -0.39 is 16.9 Å². The molecule has 2 aromatic rings. The van der Waals surface area contributed by atoms with Crippen molar-refractivity contribution >= 4 is 17.6 Å². The molecular weight excluding hydrogens is 622 g/mol. The largest absolute Gasteiger partial charge is 0.459 e. The molecule has 1 aromatic carbocycles. The van der Waals surface area contributed by atoms with Gasteiger partial charge < -0.3 is 14.9 Å². The molecule has 4 fully saturated rings. The van der Waals surface area contributed by atoms with Crippen molar-refractivity contribution in [2.75, 3.05) is 6.61 Å². The third-order valence-corrected chi connectivity index (χ3v) is 15.6. The lowest BCUT2D eigenvalue weighted by atomic mass is 9.33. The molecule has 0 amide bonds. The maximum absolute atomic E-state index is 14.4. The second-order valence-electron chi connectivity index (χ2n) is 18.2. The maximum Gasteiger partial charge on any atom is 0.313 e. The van der Waals surface area contributed by atoms with E-state index >= 15 is 0 Å². The van der Waals surface area contributed by atoms with Crippen LogP contribution in [0.25, 0.3) is 0 Å². The minimum atomic E-state index is -0.519. The van der Waals surface area contributed by atoms with Gasteiger partial charge in [0.25, 0.3) is 0 Å². The minimum absolute atomic E-state index is 0.0121. The van der Waals surface area contributed by atoms with Gasteiger partial charge in [-0.2, -0.15) is 0 Å². The molecule has 1 aromatic heterocycles. The van der Waals surface area contributed by atoms with E-state index in [-0.39, 0.29) is 46.8 Å². The van der Waals surface area contributed by atoms with Gasteiger partial charge in [0.2, 0.25) is 0 Å². The van der Waals surface area contributed by atoms with Crippen LogP contribution >= 0.6 is 11.6 Å². The fourth-order valence-electron chi connectivity index (χ4n) is 12.2. The summed E-state index contributed by atoms with van der Waals surface area (Å²) in [6.07, 6.45) is 13.6. The summed E-state index contributed by atoms with van der Waals surface area (Å²) >= 11 is 6.05. The van der Waals surface area contributed by atoms with Gasteiger partial charge in [-0.25, -0.2) is 4.68 Å². The van der Waals surface area contributed by atoms with Gasteiger partial charge >= 0.3 is 5.97 Å². The number of halogens is 1. The Labute approximate surface area is 291 Å². The Balaban J connectivity index is 1.15. The molecule has 0 bridgehead atoms. The summed E-state index contributed by atoms with van der Waals surface area (Å²) in [5.41, 5.74) is 2.55. The Morgan fingerprint density at radius 2 is 1.71 bits per heavy atom. The Hall–Kier alpha value is -2.22. The number of esters is 1. The molecule has 1 heterocycles. The number of allylic oxidation sites excluding steroid dienone is 2. The zero-order valence-corrected chi connectivity index (χ0v) is 30.7. The van der Waals surface area contributed by atoms with Crippen molar-refractivity contribution in [1.29, 1.82) is 0 Å². The first-order valence-electron chi connectivity index (χ1n) is 18.4. The maximum atomic E-state index is 14.4. The Morgan fingerprint density at radius 3 is 2.44 bits per heavy atom. The lowest BCUT2D eigenvalue weighted by Gasteiger charge is -2.71. The number of carbonyl (C=O) groups excluding carboxylic acids is 1. The van der Waals surface area contributed by atoms with Crippen molar-refractivity contribution in [2.45, 2.75) is 125 Å². The fraction of sp³-hybridized carbons (Fsp3) is 0.725. The first kappa shape index (κ1) is 34.2. The van der Waals surface area contributed by atoms with Crippen LogP contribution in [-0.2, 0) is 22.7 Å². The minimum Gasteiger partial charge on any atom is -0.459 e. The first-order chi connectivity index (χ1) is 22.6. The highest BCUT2D eigenvalue weighted by Crippen LogP contribution is 2.75. The van der Waals surface area contributed by atoms with Gasteiger partial charge in [0.15, 0.2) is 0 Å². The normalized spacial score (nSPS) is 41.6. The van der Waals surface area contributed by atoms with Crippen LogP contribution in [0.5, 0.6) is 0 Å². The van der Waals surface area contributed by atoms with Crippen LogP contribution in [0.3, 0.4) is 0 Å². The average Bonchev–Trinajstić information content (AvgIpc) is 3.50. The zero-order valence-electron chi connectivity index (χ0n) is 29.9. The highest BCUT2D eigenvalue weighted by atomic mass is 35.5. The number of carbonyl (C=O) groups is 1. The van der Waals surface area contributed by atoms with Crippen LogP contribution in [0.1, 0.15) is 117 Å². The Morgan fingerprint density at radius 1 is 0.979 bits per heavy atom. The molecule has 2 N–H and O–H groups in total. The van der Waals surface area contributed by atoms with Crippen molar-refractivity contribution in [3.63, 3.8) is 0 Å². The van der Waals surface area contributed by atoms with E-state index in [1.54, 1.807) is 4.68 Å². The van der Waals surface area contributed by atoms with Crippen LogP contribution in [0.2, 0.25) is 5.02 Å². The fourth-order valence-corrected chi connectivity index (χ4v) is 12.3. The van der Waals surface area contributed by atoms with E-state index in [0.29, 0.717) is 29.1 Å². The Bertz CT molecular complexity index is 1590. The lowest BCUT2D eigenvalue weighted by molar-refractivity contribution is -0.217. The van der Waals surface area contributed by atoms with Crippen LogP contribution in [0.4, 0.5) is 0 Å². The molecule has 7 rings (SSSR count).